The number of aromatic nitrogens is 1. The van der Waals surface area contributed by atoms with Gasteiger partial charge < -0.3 is 15.4 Å². The number of pyridine rings is 1. The van der Waals surface area contributed by atoms with Crippen LogP contribution in [0.2, 0.25) is 0 Å². The van der Waals surface area contributed by atoms with Crippen molar-refractivity contribution in [3.8, 4) is 5.75 Å². The number of rotatable bonds is 7. The van der Waals surface area contributed by atoms with Crippen molar-refractivity contribution < 1.29 is 9.53 Å². The van der Waals surface area contributed by atoms with Crippen LogP contribution in [0.4, 0.5) is 0 Å². The minimum Gasteiger partial charge on any atom is -0.496 e. The number of nitrogens with one attached hydrogen (secondary N) is 2. The van der Waals surface area contributed by atoms with Gasteiger partial charge in [0.25, 0.3) is 5.91 Å². The fraction of sp³-hybridized carbons (Fsp3) is 0.400. The standard InChI is InChI=1S/C20H25N3O2.2ClH/c1-25-19-3-2-17(13-18(19)12-16-6-10-22-14-16)20(24)23-11-7-15-4-8-21-9-5-15;;/h2-5,8-9,13,16,22H,6-7,10-12,14H2,1H3,(H,23,24);2*1H. The monoisotopic (exact) mass is 411 g/mol. The van der Waals surface area contributed by atoms with Crippen molar-refractivity contribution >= 4 is 30.7 Å². The summed E-state index contributed by atoms with van der Waals surface area (Å²) in [6, 6.07) is 9.63. The normalized spacial score (nSPS) is 15.4. The lowest BCUT2D eigenvalue weighted by Gasteiger charge is -2.14. The van der Waals surface area contributed by atoms with Crippen LogP contribution >= 0.6 is 24.8 Å². The Labute approximate surface area is 173 Å². The summed E-state index contributed by atoms with van der Waals surface area (Å²) in [5.74, 6) is 1.43. The quantitative estimate of drug-likeness (QED) is 0.734. The number of halogens is 2. The lowest BCUT2D eigenvalue weighted by atomic mass is 9.96. The molecule has 1 amide bonds. The summed E-state index contributed by atoms with van der Waals surface area (Å²) in [5, 5.41) is 6.38. The van der Waals surface area contributed by atoms with Crippen molar-refractivity contribution in [2.45, 2.75) is 19.3 Å². The second-order valence-electron chi connectivity index (χ2n) is 6.45. The molecule has 1 atom stereocenters. The van der Waals surface area contributed by atoms with Gasteiger partial charge in [-0.2, -0.15) is 0 Å². The first kappa shape index (κ1) is 23.2. The fourth-order valence-corrected chi connectivity index (χ4v) is 3.25. The zero-order valence-corrected chi connectivity index (χ0v) is 17.1. The number of nitrogens with zero attached hydrogens (tertiary/aromatic N) is 1. The molecule has 7 heteroatoms. The smallest absolute Gasteiger partial charge is 0.251 e. The Balaban J connectivity index is 0.00000182. The number of carbonyl (C=O) groups is 1. The summed E-state index contributed by atoms with van der Waals surface area (Å²) in [4.78, 5) is 16.4. The van der Waals surface area contributed by atoms with Gasteiger partial charge in [-0.05, 0) is 79.7 Å². The summed E-state index contributed by atoms with van der Waals surface area (Å²) in [7, 11) is 1.68. The van der Waals surface area contributed by atoms with Gasteiger partial charge in [0.05, 0.1) is 7.11 Å². The molecule has 2 heterocycles. The number of hydrogen-bond acceptors (Lipinski definition) is 4. The molecule has 0 aliphatic carbocycles. The van der Waals surface area contributed by atoms with E-state index >= 15 is 0 Å². The molecule has 1 aliphatic rings. The van der Waals surface area contributed by atoms with Gasteiger partial charge in [0.15, 0.2) is 0 Å². The number of ether oxygens (including phenoxy) is 1. The van der Waals surface area contributed by atoms with Gasteiger partial charge in [-0.15, -0.1) is 24.8 Å². The van der Waals surface area contributed by atoms with Gasteiger partial charge in [-0.3, -0.25) is 9.78 Å². The van der Waals surface area contributed by atoms with Crippen LogP contribution in [0.1, 0.15) is 27.9 Å². The van der Waals surface area contributed by atoms with E-state index in [1.54, 1.807) is 19.5 Å². The predicted octanol–water partition coefficient (Wildman–Crippen LogP) is 3.06. The third-order valence-corrected chi connectivity index (χ3v) is 4.66. The topological polar surface area (TPSA) is 63.2 Å². The maximum atomic E-state index is 12.4. The van der Waals surface area contributed by atoms with E-state index in [4.69, 9.17) is 4.74 Å². The first-order valence-electron chi connectivity index (χ1n) is 8.81. The lowest BCUT2D eigenvalue weighted by molar-refractivity contribution is 0.0954. The zero-order valence-electron chi connectivity index (χ0n) is 15.4. The Morgan fingerprint density at radius 1 is 1.26 bits per heavy atom. The summed E-state index contributed by atoms with van der Waals surface area (Å²) < 4.78 is 5.47. The van der Waals surface area contributed by atoms with Crippen LogP contribution in [-0.4, -0.2) is 37.6 Å². The van der Waals surface area contributed by atoms with Crippen LogP contribution in [0.15, 0.2) is 42.7 Å². The maximum absolute atomic E-state index is 12.4. The minimum absolute atomic E-state index is 0. The van der Waals surface area contributed by atoms with Crippen LogP contribution in [0.25, 0.3) is 0 Å². The molecule has 1 unspecified atom stereocenters. The summed E-state index contributed by atoms with van der Waals surface area (Å²) in [6.45, 7) is 2.71. The maximum Gasteiger partial charge on any atom is 0.251 e. The second kappa shape index (κ2) is 11.8. The number of methoxy groups -OCH3 is 1. The molecule has 5 nitrogen and oxygen atoms in total. The average Bonchev–Trinajstić information content (AvgIpc) is 3.15. The van der Waals surface area contributed by atoms with Crippen LogP contribution in [-0.2, 0) is 12.8 Å². The van der Waals surface area contributed by atoms with E-state index in [-0.39, 0.29) is 30.7 Å². The minimum atomic E-state index is -0.0393. The Kier molecular flexibility index (Phi) is 10.1. The molecule has 0 spiro atoms. The van der Waals surface area contributed by atoms with Gasteiger partial charge in [0.2, 0.25) is 0 Å². The molecule has 0 bridgehead atoms. The van der Waals surface area contributed by atoms with Gasteiger partial charge in [-0.25, -0.2) is 0 Å². The number of benzene rings is 1. The molecule has 0 radical (unpaired) electrons. The van der Waals surface area contributed by atoms with E-state index < -0.39 is 0 Å². The molecule has 1 fully saturated rings. The highest BCUT2D eigenvalue weighted by atomic mass is 35.5. The van der Waals surface area contributed by atoms with E-state index in [2.05, 4.69) is 15.6 Å². The van der Waals surface area contributed by atoms with Crippen LogP contribution in [0.5, 0.6) is 5.75 Å². The summed E-state index contributed by atoms with van der Waals surface area (Å²) in [5.41, 5.74) is 2.97. The molecule has 2 N–H and O–H groups in total. The third-order valence-electron chi connectivity index (χ3n) is 4.66. The largest absolute Gasteiger partial charge is 0.496 e. The van der Waals surface area contributed by atoms with Gasteiger partial charge in [0.1, 0.15) is 5.75 Å². The fourth-order valence-electron chi connectivity index (χ4n) is 3.25. The highest BCUT2D eigenvalue weighted by Gasteiger charge is 2.18. The Bertz CT molecular complexity index is 708. The van der Waals surface area contributed by atoms with E-state index in [0.29, 0.717) is 18.0 Å². The molecule has 1 aliphatic heterocycles. The van der Waals surface area contributed by atoms with Gasteiger partial charge >= 0.3 is 0 Å². The van der Waals surface area contributed by atoms with E-state index in [1.807, 2.05) is 30.3 Å². The number of carbonyl (C=O) groups excluding carboxylic acids is 1. The molecule has 27 heavy (non-hydrogen) atoms. The molecule has 1 aromatic carbocycles. The van der Waals surface area contributed by atoms with E-state index in [0.717, 1.165) is 37.2 Å². The first-order valence-corrected chi connectivity index (χ1v) is 8.81. The van der Waals surface area contributed by atoms with Crippen LogP contribution < -0.4 is 15.4 Å². The second-order valence-corrected chi connectivity index (χ2v) is 6.45. The summed E-state index contributed by atoms with van der Waals surface area (Å²) in [6.07, 6.45) is 6.44. The van der Waals surface area contributed by atoms with Crippen LogP contribution in [0, 0.1) is 5.92 Å². The van der Waals surface area contributed by atoms with E-state index in [9.17, 15) is 4.79 Å². The third kappa shape index (κ3) is 6.69. The molecule has 3 rings (SSSR count). The molecule has 2 aromatic rings. The summed E-state index contributed by atoms with van der Waals surface area (Å²) >= 11 is 0. The predicted molar refractivity (Wildman–Crippen MR) is 112 cm³/mol. The number of amides is 1. The van der Waals surface area contributed by atoms with Crippen molar-refractivity contribution in [1.29, 1.82) is 0 Å². The van der Waals surface area contributed by atoms with Crippen molar-refractivity contribution in [2.24, 2.45) is 5.92 Å². The Hall–Kier alpha value is -1.82. The Morgan fingerprint density at radius 2 is 2.04 bits per heavy atom. The molecular weight excluding hydrogens is 385 g/mol. The molecule has 148 valence electrons. The highest BCUT2D eigenvalue weighted by molar-refractivity contribution is 5.94. The van der Waals surface area contributed by atoms with Gasteiger partial charge in [0, 0.05) is 24.5 Å². The van der Waals surface area contributed by atoms with E-state index in [1.165, 1.54) is 12.0 Å². The van der Waals surface area contributed by atoms with Crippen molar-refractivity contribution in [3.63, 3.8) is 0 Å². The Morgan fingerprint density at radius 3 is 2.70 bits per heavy atom. The average molecular weight is 412 g/mol. The highest BCUT2D eigenvalue weighted by Crippen LogP contribution is 2.25. The molecule has 1 aromatic heterocycles. The number of hydrogen-bond donors (Lipinski definition) is 2. The molecule has 1 saturated heterocycles. The van der Waals surface area contributed by atoms with Crippen molar-refractivity contribution in [1.82, 2.24) is 15.6 Å². The SMILES string of the molecule is COc1ccc(C(=O)NCCc2ccncc2)cc1CC1CCNC1.Cl.Cl. The molecular formula is C20H27Cl2N3O2. The van der Waals surface area contributed by atoms with Crippen molar-refractivity contribution in [2.75, 3.05) is 26.7 Å². The lowest BCUT2D eigenvalue weighted by Crippen LogP contribution is -2.26. The zero-order chi connectivity index (χ0) is 17.5. The van der Waals surface area contributed by atoms with Gasteiger partial charge in [-0.1, -0.05) is 0 Å². The molecule has 0 saturated carbocycles. The van der Waals surface area contributed by atoms with Crippen molar-refractivity contribution in [3.05, 3.63) is 59.4 Å². The first-order chi connectivity index (χ1) is 12.3. The van der Waals surface area contributed by atoms with Crippen LogP contribution in [0.3, 0.4) is 0 Å².